The molecule has 0 aliphatic rings. The third-order valence-corrected chi connectivity index (χ3v) is 3.71. The quantitative estimate of drug-likeness (QED) is 0.785. The molecule has 0 saturated heterocycles. The normalized spacial score (nSPS) is 12.3. The monoisotopic (exact) mass is 273 g/mol. The van der Waals surface area contributed by atoms with Crippen LogP contribution in [0.15, 0.2) is 36.4 Å². The summed E-state index contributed by atoms with van der Waals surface area (Å²) >= 11 is 6.15. The maximum Gasteiger partial charge on any atom is 0.0485 e. The number of aryl methyl sites for hydroxylation is 3. The molecule has 0 spiro atoms. The molecular formula is C17H20ClN. The summed E-state index contributed by atoms with van der Waals surface area (Å²) in [5.74, 6) is 0. The maximum atomic E-state index is 6.15. The minimum Gasteiger partial charge on any atom is -0.378 e. The highest BCUT2D eigenvalue weighted by Gasteiger charge is 2.07. The molecule has 0 bridgehead atoms. The van der Waals surface area contributed by atoms with E-state index in [9.17, 15) is 0 Å². The fourth-order valence-corrected chi connectivity index (χ4v) is 2.46. The number of anilines is 1. The van der Waals surface area contributed by atoms with Crippen molar-refractivity contribution in [1.82, 2.24) is 0 Å². The molecule has 0 aliphatic heterocycles. The Labute approximate surface area is 120 Å². The van der Waals surface area contributed by atoms with Gasteiger partial charge in [0, 0.05) is 16.8 Å². The summed E-state index contributed by atoms with van der Waals surface area (Å²) in [6, 6.07) is 13.0. The van der Waals surface area contributed by atoms with Crippen molar-refractivity contribution in [2.24, 2.45) is 0 Å². The molecule has 0 aliphatic carbocycles. The molecule has 100 valence electrons. The van der Waals surface area contributed by atoms with Gasteiger partial charge in [-0.2, -0.15) is 0 Å². The molecule has 2 rings (SSSR count). The average Bonchev–Trinajstić information content (AvgIpc) is 2.32. The van der Waals surface area contributed by atoms with Gasteiger partial charge in [0.2, 0.25) is 0 Å². The van der Waals surface area contributed by atoms with Gasteiger partial charge in [-0.3, -0.25) is 0 Å². The molecule has 0 aromatic heterocycles. The van der Waals surface area contributed by atoms with Gasteiger partial charge in [0.05, 0.1) is 0 Å². The van der Waals surface area contributed by atoms with Crippen molar-refractivity contribution >= 4 is 17.3 Å². The highest BCUT2D eigenvalue weighted by Crippen LogP contribution is 2.25. The summed E-state index contributed by atoms with van der Waals surface area (Å²) in [6.45, 7) is 8.44. The van der Waals surface area contributed by atoms with Gasteiger partial charge < -0.3 is 5.32 Å². The lowest BCUT2D eigenvalue weighted by Gasteiger charge is -2.17. The summed E-state index contributed by atoms with van der Waals surface area (Å²) in [5.41, 5.74) is 6.05. The van der Waals surface area contributed by atoms with Gasteiger partial charge in [-0.1, -0.05) is 47.0 Å². The Morgan fingerprint density at radius 2 is 1.58 bits per heavy atom. The highest BCUT2D eigenvalue weighted by atomic mass is 35.5. The Balaban J connectivity index is 2.20. The van der Waals surface area contributed by atoms with E-state index in [0.29, 0.717) is 0 Å². The zero-order chi connectivity index (χ0) is 14.0. The smallest absolute Gasteiger partial charge is 0.0485 e. The summed E-state index contributed by atoms with van der Waals surface area (Å²) < 4.78 is 0. The molecule has 1 atom stereocenters. The highest BCUT2D eigenvalue weighted by molar-refractivity contribution is 6.31. The molecule has 0 amide bonds. The second-order valence-electron chi connectivity index (χ2n) is 5.25. The second kappa shape index (κ2) is 5.66. The van der Waals surface area contributed by atoms with Crippen LogP contribution in [0.5, 0.6) is 0 Å². The van der Waals surface area contributed by atoms with Crippen LogP contribution in [0.1, 0.15) is 35.2 Å². The lowest BCUT2D eigenvalue weighted by atomic mass is 10.0. The molecule has 2 aromatic rings. The van der Waals surface area contributed by atoms with Crippen molar-refractivity contribution < 1.29 is 0 Å². The van der Waals surface area contributed by atoms with Crippen LogP contribution in [0.25, 0.3) is 0 Å². The zero-order valence-corrected chi connectivity index (χ0v) is 12.7. The Morgan fingerprint density at radius 1 is 0.947 bits per heavy atom. The summed E-state index contributed by atoms with van der Waals surface area (Å²) in [4.78, 5) is 0. The molecule has 0 radical (unpaired) electrons. The fourth-order valence-electron chi connectivity index (χ4n) is 2.28. The standard InChI is InChI=1S/C17H20ClN/c1-11-7-12(2)9-15(8-11)14(4)19-16-6-5-13(3)17(18)10-16/h5-10,14,19H,1-4H3. The predicted molar refractivity (Wildman–Crippen MR) is 84.1 cm³/mol. The van der Waals surface area contributed by atoms with Crippen molar-refractivity contribution in [3.8, 4) is 0 Å². The van der Waals surface area contributed by atoms with Crippen LogP contribution in [0.4, 0.5) is 5.69 Å². The first kappa shape index (κ1) is 14.0. The number of halogens is 1. The molecule has 1 N–H and O–H groups in total. The molecular weight excluding hydrogens is 254 g/mol. The molecule has 1 unspecified atom stereocenters. The molecule has 2 aromatic carbocycles. The largest absolute Gasteiger partial charge is 0.378 e. The van der Waals surface area contributed by atoms with Crippen molar-refractivity contribution in [3.05, 3.63) is 63.7 Å². The SMILES string of the molecule is Cc1cc(C)cc(C(C)Nc2ccc(C)c(Cl)c2)c1. The molecule has 2 heteroatoms. The van der Waals surface area contributed by atoms with E-state index >= 15 is 0 Å². The Bertz CT molecular complexity index is 570. The van der Waals surface area contributed by atoms with Crippen LogP contribution in [-0.4, -0.2) is 0 Å². The van der Waals surface area contributed by atoms with E-state index in [4.69, 9.17) is 11.6 Å². The fraction of sp³-hybridized carbons (Fsp3) is 0.294. The third-order valence-electron chi connectivity index (χ3n) is 3.30. The molecule has 19 heavy (non-hydrogen) atoms. The van der Waals surface area contributed by atoms with Gasteiger partial charge in [-0.15, -0.1) is 0 Å². The minimum absolute atomic E-state index is 0.261. The number of nitrogens with one attached hydrogen (secondary N) is 1. The summed E-state index contributed by atoms with van der Waals surface area (Å²) in [5, 5.41) is 4.30. The topological polar surface area (TPSA) is 12.0 Å². The van der Waals surface area contributed by atoms with Crippen LogP contribution in [0.2, 0.25) is 5.02 Å². The second-order valence-corrected chi connectivity index (χ2v) is 5.66. The van der Waals surface area contributed by atoms with Gasteiger partial charge in [0.15, 0.2) is 0 Å². The molecule has 0 fully saturated rings. The van der Waals surface area contributed by atoms with Crippen LogP contribution < -0.4 is 5.32 Å². The first-order valence-electron chi connectivity index (χ1n) is 6.56. The first-order chi connectivity index (χ1) is 8.95. The number of hydrogen-bond acceptors (Lipinski definition) is 1. The third kappa shape index (κ3) is 3.51. The van der Waals surface area contributed by atoms with Crippen molar-refractivity contribution in [2.75, 3.05) is 5.32 Å². The van der Waals surface area contributed by atoms with E-state index in [-0.39, 0.29) is 6.04 Å². The van der Waals surface area contributed by atoms with Crippen LogP contribution >= 0.6 is 11.6 Å². The molecule has 1 nitrogen and oxygen atoms in total. The number of hydrogen-bond donors (Lipinski definition) is 1. The Hall–Kier alpha value is -1.47. The van der Waals surface area contributed by atoms with E-state index in [1.165, 1.54) is 16.7 Å². The van der Waals surface area contributed by atoms with E-state index < -0.39 is 0 Å². The average molecular weight is 274 g/mol. The Kier molecular flexibility index (Phi) is 4.16. The van der Waals surface area contributed by atoms with Gasteiger partial charge in [0.1, 0.15) is 0 Å². The van der Waals surface area contributed by atoms with Crippen molar-refractivity contribution in [1.29, 1.82) is 0 Å². The van der Waals surface area contributed by atoms with Crippen molar-refractivity contribution in [3.63, 3.8) is 0 Å². The molecule has 0 heterocycles. The minimum atomic E-state index is 0.261. The summed E-state index contributed by atoms with van der Waals surface area (Å²) in [7, 11) is 0. The van der Waals surface area contributed by atoms with Gasteiger partial charge in [0.25, 0.3) is 0 Å². The maximum absolute atomic E-state index is 6.15. The van der Waals surface area contributed by atoms with Gasteiger partial charge in [-0.05, 0) is 51.0 Å². The van der Waals surface area contributed by atoms with Crippen LogP contribution in [0, 0.1) is 20.8 Å². The van der Waals surface area contributed by atoms with Gasteiger partial charge >= 0.3 is 0 Å². The van der Waals surface area contributed by atoms with Crippen molar-refractivity contribution in [2.45, 2.75) is 33.7 Å². The number of rotatable bonds is 3. The predicted octanol–water partition coefficient (Wildman–Crippen LogP) is 5.44. The molecule has 0 saturated carbocycles. The number of benzene rings is 2. The lowest BCUT2D eigenvalue weighted by molar-refractivity contribution is 0.880. The van der Waals surface area contributed by atoms with Crippen LogP contribution in [-0.2, 0) is 0 Å². The van der Waals surface area contributed by atoms with Gasteiger partial charge in [-0.25, -0.2) is 0 Å². The lowest BCUT2D eigenvalue weighted by Crippen LogP contribution is -2.07. The first-order valence-corrected chi connectivity index (χ1v) is 6.94. The zero-order valence-electron chi connectivity index (χ0n) is 11.9. The summed E-state index contributed by atoms with van der Waals surface area (Å²) in [6.07, 6.45) is 0. The van der Waals surface area contributed by atoms with E-state index in [0.717, 1.165) is 16.3 Å². The Morgan fingerprint density at radius 3 is 2.16 bits per heavy atom. The van der Waals surface area contributed by atoms with E-state index in [1.54, 1.807) is 0 Å². The van der Waals surface area contributed by atoms with E-state index in [2.05, 4.69) is 50.4 Å². The van der Waals surface area contributed by atoms with E-state index in [1.807, 2.05) is 19.1 Å². The van der Waals surface area contributed by atoms with Crippen LogP contribution in [0.3, 0.4) is 0 Å².